The number of nitrogens with zero attached hydrogens (tertiary/aromatic N) is 3. The molecule has 0 fully saturated rings. The Hall–Kier alpha value is -1.01. The number of aromatic nitrogens is 2. The quantitative estimate of drug-likeness (QED) is 0.475. The minimum atomic E-state index is 0.171. The third-order valence-electron chi connectivity index (χ3n) is 1.28. The number of hydrogen-bond donors (Lipinski definition) is 1. The molecule has 0 aromatic carbocycles. The first kappa shape index (κ1) is 11.1. The molecule has 0 unspecified atom stereocenters. The van der Waals surface area contributed by atoms with E-state index >= 15 is 0 Å². The lowest BCUT2D eigenvalue weighted by Gasteiger charge is -2.00. The minimum absolute atomic E-state index is 0.171. The number of ether oxygens (including phenoxy) is 1. The van der Waals surface area contributed by atoms with Crippen LogP contribution in [-0.2, 0) is 0 Å². The smallest absolute Gasteiger partial charge is 0.319 e. The molecule has 0 atom stereocenters. The molecule has 1 heterocycles. The zero-order valence-electron chi connectivity index (χ0n) is 7.69. The van der Waals surface area contributed by atoms with Crippen molar-refractivity contribution >= 4 is 34.3 Å². The van der Waals surface area contributed by atoms with Crippen LogP contribution in [0.3, 0.4) is 0 Å². The fourth-order valence-electron chi connectivity index (χ4n) is 0.693. The summed E-state index contributed by atoms with van der Waals surface area (Å²) in [4.78, 5) is 11.7. The van der Waals surface area contributed by atoms with Gasteiger partial charge in [0, 0.05) is 6.07 Å². The number of rotatable bonds is 2. The van der Waals surface area contributed by atoms with Gasteiger partial charge in [0.25, 0.3) is 0 Å². The second kappa shape index (κ2) is 5.02. The molecule has 0 radical (unpaired) electrons. The van der Waals surface area contributed by atoms with E-state index in [0.29, 0.717) is 11.0 Å². The van der Waals surface area contributed by atoms with Gasteiger partial charge in [-0.1, -0.05) is 23.4 Å². The van der Waals surface area contributed by atoms with Crippen molar-refractivity contribution in [1.82, 2.24) is 9.97 Å². The van der Waals surface area contributed by atoms with Crippen LogP contribution >= 0.6 is 23.4 Å². The molecule has 76 valence electrons. The summed E-state index contributed by atoms with van der Waals surface area (Å²) in [6, 6.07) is 1.68. The molecule has 2 N–H and O–H groups in total. The molecular formula is C7H9ClN4OS. The van der Waals surface area contributed by atoms with Crippen LogP contribution in [0.4, 0.5) is 5.82 Å². The number of aliphatic imine (C=N–C) groups is 1. The Morgan fingerprint density at radius 3 is 2.93 bits per heavy atom. The molecule has 0 spiro atoms. The van der Waals surface area contributed by atoms with Gasteiger partial charge in [-0.3, -0.25) is 0 Å². The van der Waals surface area contributed by atoms with Crippen LogP contribution in [0.5, 0.6) is 6.01 Å². The standard InChI is InChI=1S/C7H9ClN4OS/c1-13-7-10-4(8)3-5(12-7)11-6(9)14-2/h3H,1-2H3,(H2,9,10,11,12). The molecule has 0 aliphatic heterocycles. The normalized spacial score (nSPS) is 11.5. The number of nitrogens with two attached hydrogens (primary N) is 1. The third kappa shape index (κ3) is 3.04. The lowest BCUT2D eigenvalue weighted by atomic mass is 10.6. The summed E-state index contributed by atoms with van der Waals surface area (Å²) in [5, 5.41) is 0.673. The minimum Gasteiger partial charge on any atom is -0.467 e. The SMILES string of the molecule is COc1nc(Cl)cc(N=C(N)SC)n1. The van der Waals surface area contributed by atoms with E-state index in [2.05, 4.69) is 15.0 Å². The fraction of sp³-hybridized carbons (Fsp3) is 0.286. The predicted octanol–water partition coefficient (Wildman–Crippen LogP) is 1.45. The molecule has 7 heteroatoms. The number of thioether (sulfide) groups is 1. The lowest BCUT2D eigenvalue weighted by molar-refractivity contribution is 0.380. The van der Waals surface area contributed by atoms with Gasteiger partial charge in [-0.25, -0.2) is 4.99 Å². The summed E-state index contributed by atoms with van der Waals surface area (Å²) >= 11 is 7.03. The molecule has 14 heavy (non-hydrogen) atoms. The van der Waals surface area contributed by atoms with E-state index < -0.39 is 0 Å². The van der Waals surface area contributed by atoms with Crippen LogP contribution in [0, 0.1) is 0 Å². The predicted molar refractivity (Wildman–Crippen MR) is 58.4 cm³/mol. The van der Waals surface area contributed by atoms with Crippen molar-refractivity contribution < 1.29 is 4.74 Å². The van der Waals surface area contributed by atoms with Crippen molar-refractivity contribution in [1.29, 1.82) is 0 Å². The van der Waals surface area contributed by atoms with E-state index in [1.807, 2.05) is 6.26 Å². The van der Waals surface area contributed by atoms with Gasteiger partial charge >= 0.3 is 6.01 Å². The first-order valence-corrected chi connectivity index (χ1v) is 5.22. The number of amidine groups is 1. The highest BCUT2D eigenvalue weighted by atomic mass is 35.5. The van der Waals surface area contributed by atoms with E-state index in [9.17, 15) is 0 Å². The zero-order valence-corrected chi connectivity index (χ0v) is 9.26. The summed E-state index contributed by atoms with van der Waals surface area (Å²) in [5.74, 6) is 0.383. The maximum absolute atomic E-state index is 5.71. The first-order valence-electron chi connectivity index (χ1n) is 3.62. The van der Waals surface area contributed by atoms with E-state index in [1.54, 1.807) is 0 Å². The van der Waals surface area contributed by atoms with Crippen molar-refractivity contribution in [2.75, 3.05) is 13.4 Å². The summed E-state index contributed by atoms with van der Waals surface area (Å²) in [5.41, 5.74) is 5.52. The van der Waals surface area contributed by atoms with Gasteiger partial charge in [0.15, 0.2) is 11.0 Å². The van der Waals surface area contributed by atoms with Crippen molar-refractivity contribution in [3.63, 3.8) is 0 Å². The molecule has 1 rings (SSSR count). The molecule has 0 saturated heterocycles. The molecular weight excluding hydrogens is 224 g/mol. The summed E-state index contributed by atoms with van der Waals surface area (Å²) < 4.78 is 4.83. The molecule has 0 aliphatic carbocycles. The lowest BCUT2D eigenvalue weighted by Crippen LogP contribution is -2.04. The zero-order chi connectivity index (χ0) is 10.6. The summed E-state index contributed by atoms with van der Waals surface area (Å²) in [6.07, 6.45) is 1.82. The fourth-order valence-corrected chi connectivity index (χ4v) is 1.05. The Kier molecular flexibility index (Phi) is 3.97. The highest BCUT2D eigenvalue weighted by Crippen LogP contribution is 2.18. The Morgan fingerprint density at radius 1 is 1.64 bits per heavy atom. The molecule has 1 aromatic rings. The number of hydrogen-bond acceptors (Lipinski definition) is 5. The summed E-state index contributed by atoms with van der Waals surface area (Å²) in [6.45, 7) is 0. The van der Waals surface area contributed by atoms with Crippen LogP contribution in [0.25, 0.3) is 0 Å². The highest BCUT2D eigenvalue weighted by molar-refractivity contribution is 8.13. The largest absolute Gasteiger partial charge is 0.467 e. The van der Waals surface area contributed by atoms with Gasteiger partial charge in [-0.05, 0) is 6.26 Å². The Balaban J connectivity index is 3.03. The van der Waals surface area contributed by atoms with Gasteiger partial charge < -0.3 is 10.5 Å². The number of methoxy groups -OCH3 is 1. The monoisotopic (exact) mass is 232 g/mol. The van der Waals surface area contributed by atoms with E-state index in [-0.39, 0.29) is 11.2 Å². The second-order valence-corrected chi connectivity index (χ2v) is 3.40. The Bertz CT molecular complexity index is 358. The van der Waals surface area contributed by atoms with E-state index in [4.69, 9.17) is 22.1 Å². The molecule has 5 nitrogen and oxygen atoms in total. The van der Waals surface area contributed by atoms with Crippen LogP contribution in [0.15, 0.2) is 11.1 Å². The Labute approximate surface area is 90.7 Å². The van der Waals surface area contributed by atoms with Crippen LogP contribution < -0.4 is 10.5 Å². The summed E-state index contributed by atoms with van der Waals surface area (Å²) in [7, 11) is 1.46. The maximum atomic E-state index is 5.71. The van der Waals surface area contributed by atoms with E-state index in [1.165, 1.54) is 24.9 Å². The van der Waals surface area contributed by atoms with Crippen LogP contribution in [0.1, 0.15) is 0 Å². The topological polar surface area (TPSA) is 73.4 Å². The van der Waals surface area contributed by atoms with Crippen LogP contribution in [-0.4, -0.2) is 28.5 Å². The van der Waals surface area contributed by atoms with Crippen molar-refractivity contribution in [3.05, 3.63) is 11.2 Å². The molecule has 0 saturated carbocycles. The maximum Gasteiger partial charge on any atom is 0.319 e. The average Bonchev–Trinajstić information content (AvgIpc) is 2.16. The van der Waals surface area contributed by atoms with Crippen molar-refractivity contribution in [3.8, 4) is 6.01 Å². The van der Waals surface area contributed by atoms with Crippen molar-refractivity contribution in [2.45, 2.75) is 0 Å². The Morgan fingerprint density at radius 2 is 2.36 bits per heavy atom. The van der Waals surface area contributed by atoms with Crippen molar-refractivity contribution in [2.24, 2.45) is 10.7 Å². The van der Waals surface area contributed by atoms with E-state index in [0.717, 1.165) is 0 Å². The molecule has 0 aliphatic rings. The molecule has 0 amide bonds. The van der Waals surface area contributed by atoms with Gasteiger partial charge in [0.2, 0.25) is 0 Å². The molecule has 1 aromatic heterocycles. The average molecular weight is 233 g/mol. The van der Waals surface area contributed by atoms with Gasteiger partial charge in [-0.15, -0.1) is 0 Å². The van der Waals surface area contributed by atoms with Gasteiger partial charge in [0.05, 0.1) is 7.11 Å². The molecule has 0 bridgehead atoms. The van der Waals surface area contributed by atoms with Gasteiger partial charge in [0.1, 0.15) is 5.15 Å². The first-order chi connectivity index (χ1) is 6.65. The highest BCUT2D eigenvalue weighted by Gasteiger charge is 2.02. The third-order valence-corrected chi connectivity index (χ3v) is 1.98. The number of halogens is 1. The van der Waals surface area contributed by atoms with Gasteiger partial charge in [-0.2, -0.15) is 9.97 Å². The second-order valence-electron chi connectivity index (χ2n) is 2.19. The van der Waals surface area contributed by atoms with Crippen LogP contribution in [0.2, 0.25) is 5.15 Å².